The largest absolute Gasteiger partial charge is 0.369 e. The summed E-state index contributed by atoms with van der Waals surface area (Å²) in [5.41, 5.74) is 3.75. The SMILES string of the molecule is Cc1cc(CC(=O)Nc2ccc(N3CCN(C)CC3)cc2)n[nH]1. The Labute approximate surface area is 136 Å². The normalized spacial score (nSPS) is 15.7. The summed E-state index contributed by atoms with van der Waals surface area (Å²) in [7, 11) is 2.15. The molecule has 1 aliphatic heterocycles. The molecule has 1 fully saturated rings. The van der Waals surface area contributed by atoms with E-state index in [-0.39, 0.29) is 12.3 Å². The van der Waals surface area contributed by atoms with Crippen LogP contribution in [0.5, 0.6) is 0 Å². The Balaban J connectivity index is 1.55. The van der Waals surface area contributed by atoms with Crippen LogP contribution < -0.4 is 10.2 Å². The number of rotatable bonds is 4. The van der Waals surface area contributed by atoms with Crippen LogP contribution in [0.25, 0.3) is 0 Å². The maximum Gasteiger partial charge on any atom is 0.230 e. The molecule has 0 bridgehead atoms. The predicted octanol–water partition coefficient (Wildman–Crippen LogP) is 1.65. The number of H-pyrrole nitrogens is 1. The van der Waals surface area contributed by atoms with E-state index >= 15 is 0 Å². The van der Waals surface area contributed by atoms with Gasteiger partial charge in [0.25, 0.3) is 0 Å². The molecule has 3 rings (SSSR count). The summed E-state index contributed by atoms with van der Waals surface area (Å²) in [4.78, 5) is 16.7. The minimum Gasteiger partial charge on any atom is -0.369 e. The van der Waals surface area contributed by atoms with Gasteiger partial charge in [0, 0.05) is 43.2 Å². The Morgan fingerprint density at radius 3 is 2.52 bits per heavy atom. The minimum atomic E-state index is -0.0520. The topological polar surface area (TPSA) is 64.3 Å². The van der Waals surface area contributed by atoms with Gasteiger partial charge in [-0.2, -0.15) is 5.10 Å². The molecule has 0 aliphatic carbocycles. The van der Waals surface area contributed by atoms with E-state index in [2.05, 4.69) is 44.5 Å². The van der Waals surface area contributed by atoms with Gasteiger partial charge in [0.2, 0.25) is 5.91 Å². The molecule has 6 nitrogen and oxygen atoms in total. The summed E-state index contributed by atoms with van der Waals surface area (Å²) in [6.07, 6.45) is 0.282. The molecule has 6 heteroatoms. The molecular formula is C17H23N5O. The lowest BCUT2D eigenvalue weighted by atomic mass is 10.2. The van der Waals surface area contributed by atoms with Crippen molar-refractivity contribution in [3.63, 3.8) is 0 Å². The summed E-state index contributed by atoms with van der Waals surface area (Å²) >= 11 is 0. The van der Waals surface area contributed by atoms with Gasteiger partial charge in [-0.15, -0.1) is 0 Å². The molecular weight excluding hydrogens is 290 g/mol. The second-order valence-corrected chi connectivity index (χ2v) is 6.10. The molecule has 0 radical (unpaired) electrons. The fraction of sp³-hybridized carbons (Fsp3) is 0.412. The molecule has 0 spiro atoms. The average molecular weight is 313 g/mol. The first kappa shape index (κ1) is 15.6. The second-order valence-electron chi connectivity index (χ2n) is 6.10. The Hall–Kier alpha value is -2.34. The van der Waals surface area contributed by atoms with Crippen LogP contribution in [0.2, 0.25) is 0 Å². The van der Waals surface area contributed by atoms with Crippen molar-refractivity contribution in [1.82, 2.24) is 15.1 Å². The third kappa shape index (κ3) is 4.10. The molecule has 1 aliphatic rings. The van der Waals surface area contributed by atoms with E-state index in [1.54, 1.807) is 0 Å². The molecule has 2 heterocycles. The van der Waals surface area contributed by atoms with Crippen molar-refractivity contribution in [3.05, 3.63) is 41.7 Å². The van der Waals surface area contributed by atoms with E-state index in [4.69, 9.17) is 0 Å². The first-order chi connectivity index (χ1) is 11.1. The lowest BCUT2D eigenvalue weighted by Crippen LogP contribution is -2.44. The monoisotopic (exact) mass is 313 g/mol. The first-order valence-electron chi connectivity index (χ1n) is 7.94. The van der Waals surface area contributed by atoms with Crippen LogP contribution >= 0.6 is 0 Å². The summed E-state index contributed by atoms with van der Waals surface area (Å²) in [5, 5.41) is 9.85. The van der Waals surface area contributed by atoms with Crippen molar-refractivity contribution in [2.45, 2.75) is 13.3 Å². The number of aromatic nitrogens is 2. The molecule has 1 saturated heterocycles. The van der Waals surface area contributed by atoms with E-state index < -0.39 is 0 Å². The Morgan fingerprint density at radius 2 is 1.91 bits per heavy atom. The van der Waals surface area contributed by atoms with Crippen molar-refractivity contribution in [1.29, 1.82) is 0 Å². The number of aromatic amines is 1. The van der Waals surface area contributed by atoms with Crippen LogP contribution in [0.3, 0.4) is 0 Å². The van der Waals surface area contributed by atoms with Crippen LogP contribution in [0.15, 0.2) is 30.3 Å². The van der Waals surface area contributed by atoms with Crippen LogP contribution in [0.1, 0.15) is 11.4 Å². The quantitative estimate of drug-likeness (QED) is 0.901. The molecule has 1 aromatic carbocycles. The van der Waals surface area contributed by atoms with Gasteiger partial charge < -0.3 is 15.1 Å². The third-order valence-corrected chi connectivity index (χ3v) is 4.12. The molecule has 2 N–H and O–H groups in total. The van der Waals surface area contributed by atoms with Gasteiger partial charge in [0.1, 0.15) is 0 Å². The standard InChI is InChI=1S/C17H23N5O/c1-13-11-15(20-19-13)12-17(23)18-14-3-5-16(6-4-14)22-9-7-21(2)8-10-22/h3-6,11H,7-10,12H2,1-2H3,(H,18,23)(H,19,20). The lowest BCUT2D eigenvalue weighted by Gasteiger charge is -2.34. The highest BCUT2D eigenvalue weighted by Gasteiger charge is 2.14. The number of carbonyl (C=O) groups is 1. The van der Waals surface area contributed by atoms with Crippen LogP contribution in [0, 0.1) is 6.92 Å². The van der Waals surface area contributed by atoms with Crippen LogP contribution in [-0.2, 0) is 11.2 Å². The molecule has 1 aromatic heterocycles. The Bertz CT molecular complexity index is 656. The van der Waals surface area contributed by atoms with E-state index in [1.165, 1.54) is 5.69 Å². The lowest BCUT2D eigenvalue weighted by molar-refractivity contribution is -0.115. The molecule has 122 valence electrons. The van der Waals surface area contributed by atoms with E-state index in [0.29, 0.717) is 0 Å². The van der Waals surface area contributed by atoms with Crippen molar-refractivity contribution in [2.24, 2.45) is 0 Å². The van der Waals surface area contributed by atoms with Crippen molar-refractivity contribution < 1.29 is 4.79 Å². The molecule has 2 aromatic rings. The maximum atomic E-state index is 12.0. The van der Waals surface area contributed by atoms with E-state index in [1.807, 2.05) is 25.1 Å². The summed E-state index contributed by atoms with van der Waals surface area (Å²) in [6.45, 7) is 6.18. The van der Waals surface area contributed by atoms with Gasteiger partial charge in [-0.25, -0.2) is 0 Å². The van der Waals surface area contributed by atoms with Crippen molar-refractivity contribution in [3.8, 4) is 0 Å². The van der Waals surface area contributed by atoms with Crippen molar-refractivity contribution in [2.75, 3.05) is 43.4 Å². The van der Waals surface area contributed by atoms with Gasteiger partial charge in [0.05, 0.1) is 12.1 Å². The number of carbonyl (C=O) groups excluding carboxylic acids is 1. The van der Waals surface area contributed by atoms with Crippen LogP contribution in [-0.4, -0.2) is 54.2 Å². The predicted molar refractivity (Wildman–Crippen MR) is 91.8 cm³/mol. The number of piperazine rings is 1. The molecule has 0 unspecified atom stereocenters. The highest BCUT2D eigenvalue weighted by molar-refractivity contribution is 5.92. The molecule has 0 saturated carbocycles. The first-order valence-corrected chi connectivity index (χ1v) is 7.94. The number of nitrogens with one attached hydrogen (secondary N) is 2. The average Bonchev–Trinajstić information content (AvgIpc) is 2.94. The number of aryl methyl sites for hydroxylation is 1. The van der Waals surface area contributed by atoms with E-state index in [0.717, 1.165) is 43.3 Å². The molecule has 1 amide bonds. The van der Waals surface area contributed by atoms with Gasteiger partial charge in [0.15, 0.2) is 0 Å². The number of hydrogen-bond donors (Lipinski definition) is 2. The number of hydrogen-bond acceptors (Lipinski definition) is 4. The highest BCUT2D eigenvalue weighted by atomic mass is 16.1. The van der Waals surface area contributed by atoms with Gasteiger partial charge in [-0.1, -0.05) is 0 Å². The van der Waals surface area contributed by atoms with E-state index in [9.17, 15) is 4.79 Å². The zero-order chi connectivity index (χ0) is 16.2. The minimum absolute atomic E-state index is 0.0520. The molecule has 23 heavy (non-hydrogen) atoms. The fourth-order valence-corrected chi connectivity index (χ4v) is 2.75. The smallest absolute Gasteiger partial charge is 0.230 e. The number of likely N-dealkylation sites (N-methyl/N-ethyl adjacent to an activating group) is 1. The number of anilines is 2. The fourth-order valence-electron chi connectivity index (χ4n) is 2.75. The maximum absolute atomic E-state index is 12.0. The number of nitrogens with zero attached hydrogens (tertiary/aromatic N) is 3. The zero-order valence-electron chi connectivity index (χ0n) is 13.7. The summed E-state index contributed by atoms with van der Waals surface area (Å²) in [5.74, 6) is -0.0520. The van der Waals surface area contributed by atoms with Gasteiger partial charge in [-0.3, -0.25) is 9.89 Å². The number of amides is 1. The highest BCUT2D eigenvalue weighted by Crippen LogP contribution is 2.19. The van der Waals surface area contributed by atoms with Crippen LogP contribution in [0.4, 0.5) is 11.4 Å². The Morgan fingerprint density at radius 1 is 1.22 bits per heavy atom. The Kier molecular flexibility index (Phi) is 4.62. The second kappa shape index (κ2) is 6.83. The summed E-state index contributed by atoms with van der Waals surface area (Å²) < 4.78 is 0. The number of benzene rings is 1. The van der Waals surface area contributed by atoms with Gasteiger partial charge in [-0.05, 0) is 44.3 Å². The van der Waals surface area contributed by atoms with Gasteiger partial charge >= 0.3 is 0 Å². The molecule has 0 atom stereocenters. The zero-order valence-corrected chi connectivity index (χ0v) is 13.7. The summed E-state index contributed by atoms with van der Waals surface area (Å²) in [6, 6.07) is 9.94. The van der Waals surface area contributed by atoms with Crippen molar-refractivity contribution >= 4 is 17.3 Å². The third-order valence-electron chi connectivity index (χ3n) is 4.12.